The lowest BCUT2D eigenvalue weighted by molar-refractivity contribution is -0.870. The van der Waals surface area contributed by atoms with E-state index in [0.717, 1.165) is 57.8 Å². The van der Waals surface area contributed by atoms with E-state index < -0.39 is 20.0 Å². The van der Waals surface area contributed by atoms with Gasteiger partial charge in [-0.05, 0) is 70.6 Å². The number of nitrogens with one attached hydrogen (secondary N) is 1. The Morgan fingerprint density at radius 3 is 1.31 bits per heavy atom. The number of aliphatic hydroxyl groups is 1. The van der Waals surface area contributed by atoms with Gasteiger partial charge in [0.15, 0.2) is 0 Å². The smallest absolute Gasteiger partial charge is 0.387 e. The minimum atomic E-state index is -4.35. The Bertz CT molecular complexity index is 1150. The summed E-state index contributed by atoms with van der Waals surface area (Å²) in [6, 6.07) is -0.874. The lowest BCUT2D eigenvalue weighted by Gasteiger charge is -2.25. The minimum absolute atomic E-state index is 0.0511. The highest BCUT2D eigenvalue weighted by Crippen LogP contribution is 2.43. The molecule has 0 bridgehead atoms. The Labute approximate surface area is 384 Å². The van der Waals surface area contributed by atoms with Gasteiger partial charge in [0.1, 0.15) is 13.2 Å². The molecule has 0 aromatic carbocycles. The van der Waals surface area contributed by atoms with Crippen molar-refractivity contribution in [3.63, 3.8) is 0 Å². The van der Waals surface area contributed by atoms with Crippen LogP contribution in [0, 0.1) is 0 Å². The molecule has 0 fully saturated rings. The molecule has 0 heterocycles. The molecule has 0 aliphatic carbocycles. The van der Waals surface area contributed by atoms with Gasteiger partial charge >= 0.3 is 7.82 Å². The third-order valence-electron chi connectivity index (χ3n) is 11.5. The number of nitrogens with zero attached hydrogens (tertiary/aromatic N) is 1. The predicted molar refractivity (Wildman–Crippen MR) is 267 cm³/mol. The van der Waals surface area contributed by atoms with E-state index in [1.54, 1.807) is 6.08 Å². The molecule has 0 saturated carbocycles. The predicted octanol–water partition coefficient (Wildman–Crippen LogP) is 15.2. The van der Waals surface area contributed by atoms with Crippen molar-refractivity contribution in [2.75, 3.05) is 40.9 Å². The third kappa shape index (κ3) is 46.5. The Kier molecular flexibility index (Phi) is 43.5. The fourth-order valence-corrected chi connectivity index (χ4v) is 8.10. The molecule has 9 heteroatoms. The Morgan fingerprint density at radius 2 is 0.887 bits per heavy atom. The van der Waals surface area contributed by atoms with E-state index in [4.69, 9.17) is 9.05 Å². The van der Waals surface area contributed by atoms with Crippen molar-refractivity contribution in [3.05, 3.63) is 48.6 Å². The maximum Gasteiger partial charge on any atom is 0.472 e. The zero-order chi connectivity index (χ0) is 45.7. The number of phosphoric acid groups is 1. The van der Waals surface area contributed by atoms with Gasteiger partial charge in [-0.1, -0.05) is 204 Å². The molecule has 3 atom stereocenters. The van der Waals surface area contributed by atoms with E-state index in [2.05, 4.69) is 55.6 Å². The standard InChI is InChI=1S/C53H101N2O6P/c1-6-8-10-12-14-16-18-20-21-22-23-24-25-26-27-28-29-30-31-32-33-35-36-38-40-42-44-46-52(56)51(50-61-62(58,59)60-49-48-55(3,4)5)54-53(57)47-45-43-41-39-37-34-19-17-15-13-11-9-7-2/h17,19,31-32,36,38,44,46,51-52,56H,6-16,18,20-30,33-35,37,39-43,45,47-50H2,1-5H3,(H-,54,57,58,59)/p+1/b19-17-,32-31+,38-36+,46-44+. The number of aliphatic hydroxyl groups excluding tert-OH is 1. The van der Waals surface area contributed by atoms with Gasteiger partial charge in [0.05, 0.1) is 39.9 Å². The van der Waals surface area contributed by atoms with Crippen molar-refractivity contribution in [3.8, 4) is 0 Å². The van der Waals surface area contributed by atoms with Gasteiger partial charge in [-0.2, -0.15) is 0 Å². The molecule has 364 valence electrons. The summed E-state index contributed by atoms with van der Waals surface area (Å²) >= 11 is 0. The van der Waals surface area contributed by atoms with E-state index in [-0.39, 0.29) is 19.1 Å². The number of hydrogen-bond acceptors (Lipinski definition) is 5. The van der Waals surface area contributed by atoms with Crippen molar-refractivity contribution in [2.24, 2.45) is 0 Å². The molecule has 0 aliphatic rings. The molecule has 1 amide bonds. The third-order valence-corrected chi connectivity index (χ3v) is 12.5. The minimum Gasteiger partial charge on any atom is -0.387 e. The number of carbonyl (C=O) groups excluding carboxylic acids is 1. The van der Waals surface area contributed by atoms with Crippen molar-refractivity contribution >= 4 is 13.7 Å². The van der Waals surface area contributed by atoms with Crippen LogP contribution >= 0.6 is 7.82 Å². The molecular formula is C53H102N2O6P+. The second kappa shape index (κ2) is 44.7. The summed E-state index contributed by atoms with van der Waals surface area (Å²) in [4.78, 5) is 23.1. The first-order valence-electron chi connectivity index (χ1n) is 26.0. The van der Waals surface area contributed by atoms with Crippen molar-refractivity contribution in [1.29, 1.82) is 0 Å². The fraction of sp³-hybridized carbons (Fsp3) is 0.830. The molecule has 0 rings (SSSR count). The number of phosphoric ester groups is 1. The molecule has 0 radical (unpaired) electrons. The topological polar surface area (TPSA) is 105 Å². The Balaban J connectivity index is 4.30. The summed E-state index contributed by atoms with van der Waals surface area (Å²) in [5.41, 5.74) is 0. The summed E-state index contributed by atoms with van der Waals surface area (Å²) < 4.78 is 23.6. The van der Waals surface area contributed by atoms with E-state index in [0.29, 0.717) is 17.4 Å². The molecule has 0 spiro atoms. The molecule has 0 aromatic heterocycles. The van der Waals surface area contributed by atoms with Gasteiger partial charge < -0.3 is 19.8 Å². The number of carbonyl (C=O) groups is 1. The quantitative estimate of drug-likeness (QED) is 0.0243. The fourth-order valence-electron chi connectivity index (χ4n) is 7.36. The average Bonchev–Trinajstić information content (AvgIpc) is 3.23. The van der Waals surface area contributed by atoms with E-state index in [9.17, 15) is 19.4 Å². The summed E-state index contributed by atoms with van der Waals surface area (Å²) in [6.45, 7) is 4.77. The van der Waals surface area contributed by atoms with Crippen LogP contribution in [0.5, 0.6) is 0 Å². The second-order valence-electron chi connectivity index (χ2n) is 18.9. The van der Waals surface area contributed by atoms with Crippen molar-refractivity contribution in [1.82, 2.24) is 5.32 Å². The Hall–Kier alpha value is -1.54. The van der Waals surface area contributed by atoms with Crippen LogP contribution < -0.4 is 5.32 Å². The largest absolute Gasteiger partial charge is 0.472 e. The lowest BCUT2D eigenvalue weighted by Crippen LogP contribution is -2.45. The highest BCUT2D eigenvalue weighted by Gasteiger charge is 2.27. The van der Waals surface area contributed by atoms with E-state index >= 15 is 0 Å². The van der Waals surface area contributed by atoms with Crippen LogP contribution in [0.4, 0.5) is 0 Å². The SMILES string of the molecule is CCCCCC/C=C\CCCCCCCC(=O)NC(COP(=O)(O)OCC[N+](C)(C)C)C(O)/C=C/CC/C=C/CC/C=C/CCCCCCCCCCCCCCCCCCC. The van der Waals surface area contributed by atoms with Gasteiger partial charge in [0.2, 0.25) is 5.91 Å². The van der Waals surface area contributed by atoms with Crippen LogP contribution in [0.1, 0.15) is 232 Å². The molecule has 8 nitrogen and oxygen atoms in total. The number of unbranched alkanes of at least 4 members (excludes halogenated alkanes) is 28. The van der Waals surface area contributed by atoms with E-state index in [1.165, 1.54) is 154 Å². The summed E-state index contributed by atoms with van der Waals surface area (Å²) in [6.07, 6.45) is 57.8. The monoisotopic (exact) mass is 894 g/mol. The maximum absolute atomic E-state index is 12.9. The van der Waals surface area contributed by atoms with Gasteiger partial charge in [-0.3, -0.25) is 13.8 Å². The van der Waals surface area contributed by atoms with Gasteiger partial charge in [0, 0.05) is 6.42 Å². The number of allylic oxidation sites excluding steroid dienone is 7. The highest BCUT2D eigenvalue weighted by molar-refractivity contribution is 7.47. The first-order chi connectivity index (χ1) is 30.0. The molecule has 0 saturated heterocycles. The average molecular weight is 894 g/mol. The van der Waals surface area contributed by atoms with Crippen molar-refractivity contribution < 1.29 is 32.9 Å². The molecule has 3 N–H and O–H groups in total. The zero-order valence-corrected chi connectivity index (χ0v) is 42.3. The van der Waals surface area contributed by atoms with Crippen LogP contribution in [-0.4, -0.2) is 73.4 Å². The first kappa shape index (κ1) is 60.5. The van der Waals surface area contributed by atoms with Crippen LogP contribution in [0.25, 0.3) is 0 Å². The molecule has 0 aliphatic heterocycles. The van der Waals surface area contributed by atoms with Gasteiger partial charge in [-0.25, -0.2) is 4.57 Å². The highest BCUT2D eigenvalue weighted by atomic mass is 31.2. The molecule has 3 unspecified atom stereocenters. The maximum atomic E-state index is 12.9. The Morgan fingerprint density at radius 1 is 0.532 bits per heavy atom. The van der Waals surface area contributed by atoms with E-state index in [1.807, 2.05) is 27.2 Å². The van der Waals surface area contributed by atoms with Crippen LogP contribution in [0.15, 0.2) is 48.6 Å². The zero-order valence-electron chi connectivity index (χ0n) is 41.4. The molecular weight excluding hydrogens is 792 g/mol. The number of likely N-dealkylation sites (N-methyl/N-ethyl adjacent to an activating group) is 1. The number of hydrogen-bond donors (Lipinski definition) is 3. The number of quaternary nitrogens is 1. The lowest BCUT2D eigenvalue weighted by atomic mass is 10.0. The van der Waals surface area contributed by atoms with Gasteiger partial charge in [0.25, 0.3) is 0 Å². The second-order valence-corrected chi connectivity index (χ2v) is 20.3. The van der Waals surface area contributed by atoms with Crippen LogP contribution in [0.2, 0.25) is 0 Å². The number of rotatable bonds is 47. The van der Waals surface area contributed by atoms with Crippen LogP contribution in [-0.2, 0) is 18.4 Å². The summed E-state index contributed by atoms with van der Waals surface area (Å²) in [5, 5.41) is 13.8. The number of amides is 1. The summed E-state index contributed by atoms with van der Waals surface area (Å²) in [7, 11) is 1.54. The summed E-state index contributed by atoms with van der Waals surface area (Å²) in [5.74, 6) is -0.201. The van der Waals surface area contributed by atoms with Crippen molar-refractivity contribution in [2.45, 2.75) is 244 Å². The van der Waals surface area contributed by atoms with Gasteiger partial charge in [-0.15, -0.1) is 0 Å². The molecule has 0 aromatic rings. The van der Waals surface area contributed by atoms with Crippen LogP contribution in [0.3, 0.4) is 0 Å². The molecule has 62 heavy (non-hydrogen) atoms. The normalized spacial score (nSPS) is 14.5. The first-order valence-corrected chi connectivity index (χ1v) is 27.5.